The quantitative estimate of drug-likeness (QED) is 0.701. The molecule has 3 rings (SSSR count). The highest BCUT2D eigenvalue weighted by atomic mass is 35.5. The maximum atomic E-state index is 5.88. The molecule has 0 atom stereocenters. The summed E-state index contributed by atoms with van der Waals surface area (Å²) in [6, 6.07) is 7.69. The van der Waals surface area contributed by atoms with E-state index in [1.54, 1.807) is 11.3 Å². The minimum absolute atomic E-state index is 0.440. The van der Waals surface area contributed by atoms with Crippen LogP contribution >= 0.6 is 22.9 Å². The smallest absolute Gasteiger partial charge is 0.212 e. The molecule has 0 saturated carbocycles. The molecule has 3 nitrogen and oxygen atoms in total. The van der Waals surface area contributed by atoms with Crippen molar-refractivity contribution in [3.8, 4) is 11.3 Å². The highest BCUT2D eigenvalue weighted by molar-refractivity contribution is 7.16. The van der Waals surface area contributed by atoms with Crippen LogP contribution in [0.15, 0.2) is 30.5 Å². The van der Waals surface area contributed by atoms with Gasteiger partial charge in [-0.1, -0.05) is 48.9 Å². The van der Waals surface area contributed by atoms with Crippen LogP contribution in [0.2, 0.25) is 5.02 Å². The maximum Gasteiger partial charge on any atom is 0.212 e. The molecule has 1 aromatic carbocycles. The molecular formula is C13H12ClN3S. The molecule has 0 aliphatic carbocycles. The lowest BCUT2D eigenvalue weighted by molar-refractivity contribution is 0.802. The molecule has 0 radical (unpaired) electrons. The van der Waals surface area contributed by atoms with Crippen LogP contribution in [0.3, 0.4) is 0 Å². The van der Waals surface area contributed by atoms with Gasteiger partial charge in [-0.15, -0.1) is 0 Å². The molecule has 92 valence electrons. The second kappa shape index (κ2) is 4.37. The van der Waals surface area contributed by atoms with E-state index in [1.807, 2.05) is 35.0 Å². The fourth-order valence-electron chi connectivity index (χ4n) is 1.71. The van der Waals surface area contributed by atoms with Gasteiger partial charge in [-0.3, -0.25) is 0 Å². The summed E-state index contributed by atoms with van der Waals surface area (Å²) in [5.74, 6) is 0.440. The first kappa shape index (κ1) is 11.7. The molecule has 2 heterocycles. The van der Waals surface area contributed by atoms with E-state index in [9.17, 15) is 0 Å². The van der Waals surface area contributed by atoms with Gasteiger partial charge < -0.3 is 0 Å². The average molecular weight is 278 g/mol. The van der Waals surface area contributed by atoms with Crippen molar-refractivity contribution in [1.82, 2.24) is 14.6 Å². The summed E-state index contributed by atoms with van der Waals surface area (Å²) < 4.78 is 1.85. The number of nitrogens with zero attached hydrogens (tertiary/aromatic N) is 3. The Labute approximate surface area is 114 Å². The molecule has 0 bridgehead atoms. The summed E-state index contributed by atoms with van der Waals surface area (Å²) in [5, 5.41) is 6.37. The SMILES string of the molecule is CC(C)c1nn2cc(-c3ccc(Cl)cc3)nc2s1. The summed E-state index contributed by atoms with van der Waals surface area (Å²) in [5.41, 5.74) is 1.99. The highest BCUT2D eigenvalue weighted by Crippen LogP contribution is 2.26. The van der Waals surface area contributed by atoms with Crippen molar-refractivity contribution in [3.63, 3.8) is 0 Å². The van der Waals surface area contributed by atoms with Crippen LogP contribution in [0.1, 0.15) is 24.8 Å². The van der Waals surface area contributed by atoms with Gasteiger partial charge in [-0.2, -0.15) is 5.10 Å². The maximum absolute atomic E-state index is 5.88. The molecule has 0 aliphatic rings. The zero-order valence-electron chi connectivity index (χ0n) is 10.1. The van der Waals surface area contributed by atoms with Gasteiger partial charge in [0.2, 0.25) is 4.96 Å². The molecule has 0 aliphatic heterocycles. The van der Waals surface area contributed by atoms with Gasteiger partial charge in [0.25, 0.3) is 0 Å². The molecule has 0 spiro atoms. The van der Waals surface area contributed by atoms with Crippen LogP contribution in [-0.4, -0.2) is 14.6 Å². The Morgan fingerprint density at radius 2 is 1.94 bits per heavy atom. The molecule has 0 N–H and O–H groups in total. The molecule has 0 unspecified atom stereocenters. The Morgan fingerprint density at radius 1 is 1.22 bits per heavy atom. The molecule has 0 amide bonds. The Bertz CT molecular complexity index is 650. The molecule has 5 heteroatoms. The number of hydrogen-bond donors (Lipinski definition) is 0. The first-order valence-corrected chi connectivity index (χ1v) is 6.95. The first-order valence-electron chi connectivity index (χ1n) is 5.75. The Balaban J connectivity index is 2.03. The van der Waals surface area contributed by atoms with E-state index in [2.05, 4.69) is 23.9 Å². The van der Waals surface area contributed by atoms with Crippen LogP contribution in [-0.2, 0) is 0 Å². The third-order valence-corrected chi connectivity index (χ3v) is 4.17. The van der Waals surface area contributed by atoms with Gasteiger partial charge in [0.15, 0.2) is 0 Å². The predicted molar refractivity (Wildman–Crippen MR) is 75.4 cm³/mol. The van der Waals surface area contributed by atoms with Crippen molar-refractivity contribution < 1.29 is 0 Å². The molecule has 2 aromatic heterocycles. The lowest BCUT2D eigenvalue weighted by Gasteiger charge is -1.96. The second-order valence-electron chi connectivity index (χ2n) is 4.46. The highest BCUT2D eigenvalue weighted by Gasteiger charge is 2.11. The van der Waals surface area contributed by atoms with Crippen molar-refractivity contribution in [2.75, 3.05) is 0 Å². The number of halogens is 1. The van der Waals surface area contributed by atoms with E-state index in [-0.39, 0.29) is 0 Å². The van der Waals surface area contributed by atoms with E-state index in [0.717, 1.165) is 26.2 Å². The number of aromatic nitrogens is 3. The van der Waals surface area contributed by atoms with Gasteiger partial charge in [0, 0.05) is 16.5 Å². The summed E-state index contributed by atoms with van der Waals surface area (Å²) in [6.07, 6.45) is 1.96. The van der Waals surface area contributed by atoms with Crippen LogP contribution < -0.4 is 0 Å². The fraction of sp³-hybridized carbons (Fsp3) is 0.231. The number of hydrogen-bond acceptors (Lipinski definition) is 3. The Kier molecular flexibility index (Phi) is 2.84. The van der Waals surface area contributed by atoms with Crippen molar-refractivity contribution >= 4 is 27.9 Å². The van der Waals surface area contributed by atoms with Gasteiger partial charge in [-0.05, 0) is 12.1 Å². The Hall–Kier alpha value is -1.39. The van der Waals surface area contributed by atoms with Crippen molar-refractivity contribution in [2.24, 2.45) is 0 Å². The van der Waals surface area contributed by atoms with E-state index in [4.69, 9.17) is 11.6 Å². The molecule has 0 saturated heterocycles. The summed E-state index contributed by atoms with van der Waals surface area (Å²) in [4.78, 5) is 5.53. The van der Waals surface area contributed by atoms with Gasteiger partial charge in [0.1, 0.15) is 5.01 Å². The van der Waals surface area contributed by atoms with Gasteiger partial charge >= 0.3 is 0 Å². The number of benzene rings is 1. The van der Waals surface area contributed by atoms with Crippen LogP contribution in [0.25, 0.3) is 16.2 Å². The largest absolute Gasteiger partial charge is 0.217 e. The summed E-state index contributed by atoms with van der Waals surface area (Å²) >= 11 is 7.52. The predicted octanol–water partition coefficient (Wildman–Crippen LogP) is 4.23. The number of rotatable bonds is 2. The van der Waals surface area contributed by atoms with Crippen LogP contribution in [0, 0.1) is 0 Å². The third-order valence-electron chi connectivity index (χ3n) is 2.69. The topological polar surface area (TPSA) is 30.2 Å². The van der Waals surface area contributed by atoms with Crippen molar-refractivity contribution in [2.45, 2.75) is 19.8 Å². The molecular weight excluding hydrogens is 266 g/mol. The lowest BCUT2D eigenvalue weighted by atomic mass is 10.2. The van der Waals surface area contributed by atoms with Crippen LogP contribution in [0.4, 0.5) is 0 Å². The van der Waals surface area contributed by atoms with E-state index < -0.39 is 0 Å². The van der Waals surface area contributed by atoms with Crippen molar-refractivity contribution in [1.29, 1.82) is 0 Å². The third kappa shape index (κ3) is 2.02. The molecule has 0 fully saturated rings. The van der Waals surface area contributed by atoms with Crippen LogP contribution in [0.5, 0.6) is 0 Å². The van der Waals surface area contributed by atoms with E-state index >= 15 is 0 Å². The monoisotopic (exact) mass is 277 g/mol. The summed E-state index contributed by atoms with van der Waals surface area (Å²) in [6.45, 7) is 4.27. The normalized spacial score (nSPS) is 11.6. The fourth-order valence-corrected chi connectivity index (χ4v) is 2.72. The average Bonchev–Trinajstić information content (AvgIpc) is 2.87. The lowest BCUT2D eigenvalue weighted by Crippen LogP contribution is -1.88. The van der Waals surface area contributed by atoms with E-state index in [0.29, 0.717) is 5.92 Å². The number of imidazole rings is 1. The second-order valence-corrected chi connectivity index (χ2v) is 5.88. The Morgan fingerprint density at radius 3 is 2.56 bits per heavy atom. The zero-order chi connectivity index (χ0) is 12.7. The van der Waals surface area contributed by atoms with E-state index in [1.165, 1.54) is 0 Å². The minimum Gasteiger partial charge on any atom is -0.217 e. The zero-order valence-corrected chi connectivity index (χ0v) is 11.7. The van der Waals surface area contributed by atoms with Gasteiger partial charge in [-0.25, -0.2) is 9.50 Å². The molecule has 3 aromatic rings. The molecule has 18 heavy (non-hydrogen) atoms. The first-order chi connectivity index (χ1) is 8.63. The summed E-state index contributed by atoms with van der Waals surface area (Å²) in [7, 11) is 0. The standard InChI is InChI=1S/C13H12ClN3S/c1-8(2)12-16-17-7-11(15-13(17)18-12)9-3-5-10(14)6-4-9/h3-8H,1-2H3. The van der Waals surface area contributed by atoms with Crippen molar-refractivity contribution in [3.05, 3.63) is 40.5 Å². The van der Waals surface area contributed by atoms with Gasteiger partial charge in [0.05, 0.1) is 11.9 Å². The minimum atomic E-state index is 0.440. The number of fused-ring (bicyclic) bond motifs is 1.